The molecule has 1 aromatic carbocycles. The van der Waals surface area contributed by atoms with Gasteiger partial charge in [-0.25, -0.2) is 0 Å². The summed E-state index contributed by atoms with van der Waals surface area (Å²) in [5, 5.41) is 8.04. The van der Waals surface area contributed by atoms with Crippen molar-refractivity contribution in [1.29, 1.82) is 0 Å². The zero-order valence-electron chi connectivity index (χ0n) is 12.5. The van der Waals surface area contributed by atoms with Crippen LogP contribution in [-0.4, -0.2) is 30.8 Å². The van der Waals surface area contributed by atoms with Crippen LogP contribution >= 0.6 is 0 Å². The van der Waals surface area contributed by atoms with Crippen LogP contribution in [-0.2, 0) is 9.59 Å². The Morgan fingerprint density at radius 3 is 2.10 bits per heavy atom. The summed E-state index contributed by atoms with van der Waals surface area (Å²) in [5.74, 6) is -0.513. The highest BCUT2D eigenvalue weighted by molar-refractivity contribution is 5.96. The highest BCUT2D eigenvalue weighted by Crippen LogP contribution is 2.10. The lowest BCUT2D eigenvalue weighted by atomic mass is 10.1. The minimum Gasteiger partial charge on any atom is -0.355 e. The Balaban J connectivity index is 2.47. The molecule has 0 spiro atoms. The number of carbonyl (C=O) groups is 3. The summed E-state index contributed by atoms with van der Waals surface area (Å²) in [4.78, 5) is 34.0. The molecule has 21 heavy (non-hydrogen) atoms. The second-order valence-corrected chi connectivity index (χ2v) is 4.96. The smallest absolute Gasteiger partial charge is 0.251 e. The topological polar surface area (TPSA) is 87.3 Å². The Hall–Kier alpha value is -2.37. The maximum Gasteiger partial charge on any atom is 0.251 e. The molecule has 1 rings (SSSR count). The summed E-state index contributed by atoms with van der Waals surface area (Å²) >= 11 is 0. The summed E-state index contributed by atoms with van der Waals surface area (Å²) in [6, 6.07) is 6.65. The summed E-state index contributed by atoms with van der Waals surface area (Å²) in [5.41, 5.74) is 1.16. The standard InChI is InChI=1S/C15H21N3O3/c1-10(2)14(20)18-13-6-4-12(5-7-13)15(21)17-9-8-16-11(3)19/h4-7,10H,8-9H2,1-3H3,(H,16,19)(H,17,21)(H,18,20). The first-order chi connectivity index (χ1) is 9.90. The van der Waals surface area contributed by atoms with E-state index in [2.05, 4.69) is 16.0 Å². The van der Waals surface area contributed by atoms with Crippen LogP contribution in [0.5, 0.6) is 0 Å². The summed E-state index contributed by atoms with van der Waals surface area (Å²) in [6.45, 7) is 5.80. The SMILES string of the molecule is CC(=O)NCCNC(=O)c1ccc(NC(=O)C(C)C)cc1. The normalized spacial score (nSPS) is 10.1. The van der Waals surface area contributed by atoms with Crippen LogP contribution < -0.4 is 16.0 Å². The van der Waals surface area contributed by atoms with E-state index in [9.17, 15) is 14.4 Å². The third-order valence-corrected chi connectivity index (χ3v) is 2.72. The molecule has 0 saturated carbocycles. The summed E-state index contributed by atoms with van der Waals surface area (Å²) in [7, 11) is 0. The Morgan fingerprint density at radius 2 is 1.57 bits per heavy atom. The maximum atomic E-state index is 11.8. The number of carbonyl (C=O) groups excluding carboxylic acids is 3. The molecule has 0 aliphatic rings. The zero-order chi connectivity index (χ0) is 15.8. The fraction of sp³-hybridized carbons (Fsp3) is 0.400. The van der Waals surface area contributed by atoms with Crippen molar-refractivity contribution in [3.05, 3.63) is 29.8 Å². The molecule has 0 aromatic heterocycles. The van der Waals surface area contributed by atoms with Gasteiger partial charge >= 0.3 is 0 Å². The van der Waals surface area contributed by atoms with Crippen molar-refractivity contribution in [2.75, 3.05) is 18.4 Å². The molecule has 1 aromatic rings. The molecule has 0 atom stereocenters. The molecule has 3 N–H and O–H groups in total. The van der Waals surface area contributed by atoms with Crippen LogP contribution in [0.25, 0.3) is 0 Å². The van der Waals surface area contributed by atoms with Crippen LogP contribution in [0, 0.1) is 5.92 Å². The van der Waals surface area contributed by atoms with Crippen LogP contribution in [0.2, 0.25) is 0 Å². The van der Waals surface area contributed by atoms with Gasteiger partial charge in [-0.3, -0.25) is 14.4 Å². The lowest BCUT2D eigenvalue weighted by Crippen LogP contribution is -2.33. The van der Waals surface area contributed by atoms with Gasteiger partial charge < -0.3 is 16.0 Å². The van der Waals surface area contributed by atoms with Gasteiger partial charge in [0.1, 0.15) is 0 Å². The first-order valence-electron chi connectivity index (χ1n) is 6.83. The molecule has 0 fully saturated rings. The van der Waals surface area contributed by atoms with Crippen LogP contribution in [0.3, 0.4) is 0 Å². The average molecular weight is 291 g/mol. The first kappa shape index (κ1) is 16.7. The number of hydrogen-bond donors (Lipinski definition) is 3. The van der Waals surface area contributed by atoms with E-state index in [1.54, 1.807) is 24.3 Å². The van der Waals surface area contributed by atoms with Gasteiger partial charge in [0.2, 0.25) is 11.8 Å². The van der Waals surface area contributed by atoms with Crippen molar-refractivity contribution in [3.8, 4) is 0 Å². The Labute approximate surface area is 124 Å². The van der Waals surface area contributed by atoms with E-state index in [0.29, 0.717) is 24.3 Å². The van der Waals surface area contributed by atoms with Crippen molar-refractivity contribution in [2.24, 2.45) is 5.92 Å². The van der Waals surface area contributed by atoms with Gasteiger partial charge in [-0.2, -0.15) is 0 Å². The maximum absolute atomic E-state index is 11.8. The van der Waals surface area contributed by atoms with E-state index in [1.807, 2.05) is 13.8 Å². The van der Waals surface area contributed by atoms with Gasteiger partial charge in [0.15, 0.2) is 0 Å². The van der Waals surface area contributed by atoms with E-state index in [0.717, 1.165) is 0 Å². The van der Waals surface area contributed by atoms with Gasteiger partial charge in [0.25, 0.3) is 5.91 Å². The third-order valence-electron chi connectivity index (χ3n) is 2.72. The minimum atomic E-state index is -0.220. The predicted molar refractivity (Wildman–Crippen MR) is 80.9 cm³/mol. The van der Waals surface area contributed by atoms with Gasteiger partial charge in [-0.15, -0.1) is 0 Å². The Kier molecular flexibility index (Phi) is 6.39. The molecule has 0 aliphatic heterocycles. The van der Waals surface area contributed by atoms with Crippen molar-refractivity contribution < 1.29 is 14.4 Å². The number of anilines is 1. The van der Waals surface area contributed by atoms with Crippen molar-refractivity contribution >= 4 is 23.4 Å². The van der Waals surface area contributed by atoms with Crippen LogP contribution in [0.15, 0.2) is 24.3 Å². The van der Waals surface area contributed by atoms with Crippen LogP contribution in [0.4, 0.5) is 5.69 Å². The zero-order valence-corrected chi connectivity index (χ0v) is 12.5. The second-order valence-electron chi connectivity index (χ2n) is 4.96. The molecule has 0 radical (unpaired) electrons. The molecule has 6 heteroatoms. The molecule has 0 heterocycles. The number of rotatable bonds is 6. The highest BCUT2D eigenvalue weighted by Gasteiger charge is 2.08. The molecule has 0 saturated heterocycles. The van der Waals surface area contributed by atoms with E-state index in [4.69, 9.17) is 0 Å². The van der Waals surface area contributed by atoms with Gasteiger partial charge in [-0.1, -0.05) is 13.8 Å². The van der Waals surface area contributed by atoms with Crippen molar-refractivity contribution in [1.82, 2.24) is 10.6 Å². The van der Waals surface area contributed by atoms with E-state index in [-0.39, 0.29) is 23.6 Å². The third kappa shape index (κ3) is 6.07. The van der Waals surface area contributed by atoms with Gasteiger partial charge in [0, 0.05) is 37.2 Å². The fourth-order valence-electron chi connectivity index (χ4n) is 1.51. The lowest BCUT2D eigenvalue weighted by molar-refractivity contribution is -0.119. The summed E-state index contributed by atoms with van der Waals surface area (Å²) in [6.07, 6.45) is 0. The summed E-state index contributed by atoms with van der Waals surface area (Å²) < 4.78 is 0. The van der Waals surface area contributed by atoms with E-state index in [1.165, 1.54) is 6.92 Å². The molecule has 114 valence electrons. The highest BCUT2D eigenvalue weighted by atomic mass is 16.2. The molecule has 3 amide bonds. The number of benzene rings is 1. The lowest BCUT2D eigenvalue weighted by Gasteiger charge is -2.09. The monoisotopic (exact) mass is 291 g/mol. The molecule has 0 unspecified atom stereocenters. The van der Waals surface area contributed by atoms with Crippen LogP contribution in [0.1, 0.15) is 31.1 Å². The quantitative estimate of drug-likeness (QED) is 0.687. The van der Waals surface area contributed by atoms with Gasteiger partial charge in [-0.05, 0) is 24.3 Å². The van der Waals surface area contributed by atoms with Crippen molar-refractivity contribution in [2.45, 2.75) is 20.8 Å². The largest absolute Gasteiger partial charge is 0.355 e. The Bertz CT molecular complexity index is 509. The van der Waals surface area contributed by atoms with Crippen molar-refractivity contribution in [3.63, 3.8) is 0 Å². The molecule has 6 nitrogen and oxygen atoms in total. The Morgan fingerprint density at radius 1 is 1.00 bits per heavy atom. The molecular formula is C15H21N3O3. The molecule has 0 bridgehead atoms. The second kappa shape index (κ2) is 8.04. The van der Waals surface area contributed by atoms with E-state index >= 15 is 0 Å². The predicted octanol–water partition coefficient (Wildman–Crippen LogP) is 1.15. The molecular weight excluding hydrogens is 270 g/mol. The minimum absolute atomic E-state index is 0.0671. The fourth-order valence-corrected chi connectivity index (χ4v) is 1.51. The van der Waals surface area contributed by atoms with E-state index < -0.39 is 0 Å². The first-order valence-corrected chi connectivity index (χ1v) is 6.83. The number of hydrogen-bond acceptors (Lipinski definition) is 3. The van der Waals surface area contributed by atoms with Gasteiger partial charge in [0.05, 0.1) is 0 Å². The molecule has 0 aliphatic carbocycles. The number of amides is 3. The average Bonchev–Trinajstić information content (AvgIpc) is 2.43. The number of nitrogens with one attached hydrogen (secondary N) is 3.